The van der Waals surface area contributed by atoms with Crippen molar-refractivity contribution in [1.82, 2.24) is 5.32 Å². The SMILES string of the molecule is CNC(Cc1cccc(O)c1)C1CCS(=O)(=O)C1. The third kappa shape index (κ3) is 3.23. The van der Waals surface area contributed by atoms with Gasteiger partial charge in [0.05, 0.1) is 11.5 Å². The summed E-state index contributed by atoms with van der Waals surface area (Å²) in [6.07, 6.45) is 1.47. The van der Waals surface area contributed by atoms with Gasteiger partial charge >= 0.3 is 0 Å². The first-order valence-corrected chi connectivity index (χ1v) is 7.98. The quantitative estimate of drug-likeness (QED) is 0.854. The van der Waals surface area contributed by atoms with Gasteiger partial charge in [-0.3, -0.25) is 0 Å². The molecule has 0 radical (unpaired) electrons. The molecule has 0 saturated carbocycles. The number of hydrogen-bond acceptors (Lipinski definition) is 4. The van der Waals surface area contributed by atoms with E-state index in [1.807, 2.05) is 19.2 Å². The summed E-state index contributed by atoms with van der Waals surface area (Å²) in [5.74, 6) is 0.997. The summed E-state index contributed by atoms with van der Waals surface area (Å²) in [5.41, 5.74) is 1.03. The van der Waals surface area contributed by atoms with Crippen molar-refractivity contribution in [3.05, 3.63) is 29.8 Å². The van der Waals surface area contributed by atoms with E-state index in [9.17, 15) is 13.5 Å². The molecule has 1 aromatic rings. The molecule has 1 aliphatic heterocycles. The Hall–Kier alpha value is -1.07. The number of nitrogens with one attached hydrogen (secondary N) is 1. The van der Waals surface area contributed by atoms with Gasteiger partial charge in [0.15, 0.2) is 9.84 Å². The van der Waals surface area contributed by atoms with E-state index in [-0.39, 0.29) is 23.5 Å². The molecule has 0 spiro atoms. The largest absolute Gasteiger partial charge is 0.508 e. The highest BCUT2D eigenvalue weighted by Gasteiger charge is 2.32. The Morgan fingerprint density at radius 1 is 1.50 bits per heavy atom. The summed E-state index contributed by atoms with van der Waals surface area (Å²) in [4.78, 5) is 0. The molecular weight excluding hydrogens is 250 g/mol. The maximum absolute atomic E-state index is 11.5. The number of phenolic OH excluding ortho intramolecular Hbond substituents is 1. The van der Waals surface area contributed by atoms with Crippen LogP contribution in [0, 0.1) is 5.92 Å². The van der Waals surface area contributed by atoms with Crippen LogP contribution >= 0.6 is 0 Å². The smallest absolute Gasteiger partial charge is 0.150 e. The average Bonchev–Trinajstić information content (AvgIpc) is 2.66. The second kappa shape index (κ2) is 5.28. The fourth-order valence-electron chi connectivity index (χ4n) is 2.58. The zero-order valence-corrected chi connectivity index (χ0v) is 11.3. The Labute approximate surface area is 108 Å². The van der Waals surface area contributed by atoms with Gasteiger partial charge in [-0.2, -0.15) is 0 Å². The lowest BCUT2D eigenvalue weighted by atomic mass is 9.93. The van der Waals surface area contributed by atoms with Gasteiger partial charge in [0.1, 0.15) is 5.75 Å². The number of sulfone groups is 1. The number of phenols is 1. The Kier molecular flexibility index (Phi) is 3.92. The van der Waals surface area contributed by atoms with Crippen LogP contribution in [-0.2, 0) is 16.3 Å². The molecule has 1 heterocycles. The Bertz CT molecular complexity index is 513. The Morgan fingerprint density at radius 2 is 2.28 bits per heavy atom. The molecule has 0 bridgehead atoms. The first-order valence-electron chi connectivity index (χ1n) is 6.16. The Morgan fingerprint density at radius 3 is 2.83 bits per heavy atom. The summed E-state index contributed by atoms with van der Waals surface area (Å²) < 4.78 is 23.0. The molecule has 5 heteroatoms. The van der Waals surface area contributed by atoms with Crippen molar-refractivity contribution in [3.8, 4) is 5.75 Å². The minimum Gasteiger partial charge on any atom is -0.508 e. The molecule has 1 aromatic carbocycles. The fourth-order valence-corrected chi connectivity index (χ4v) is 4.46. The van der Waals surface area contributed by atoms with E-state index in [1.54, 1.807) is 12.1 Å². The lowest BCUT2D eigenvalue weighted by Gasteiger charge is -2.22. The zero-order valence-electron chi connectivity index (χ0n) is 10.5. The van der Waals surface area contributed by atoms with Crippen molar-refractivity contribution >= 4 is 9.84 Å². The second-order valence-electron chi connectivity index (χ2n) is 4.93. The third-order valence-electron chi connectivity index (χ3n) is 3.57. The van der Waals surface area contributed by atoms with Gasteiger partial charge in [0.2, 0.25) is 0 Å². The second-order valence-corrected chi connectivity index (χ2v) is 7.16. The predicted molar refractivity (Wildman–Crippen MR) is 71.4 cm³/mol. The van der Waals surface area contributed by atoms with Gasteiger partial charge in [-0.15, -0.1) is 0 Å². The molecule has 1 aliphatic rings. The number of rotatable bonds is 4. The molecule has 2 N–H and O–H groups in total. The standard InChI is InChI=1S/C13H19NO3S/c1-14-13(11-5-6-18(16,17)9-11)8-10-3-2-4-12(15)7-10/h2-4,7,11,13-15H,5-6,8-9H2,1H3. The molecular formula is C13H19NO3S. The van der Waals surface area contributed by atoms with Crippen molar-refractivity contribution in [2.24, 2.45) is 5.92 Å². The predicted octanol–water partition coefficient (Wildman–Crippen LogP) is 0.957. The molecule has 1 fully saturated rings. The fraction of sp³-hybridized carbons (Fsp3) is 0.538. The van der Waals surface area contributed by atoms with Gasteiger partial charge in [-0.05, 0) is 43.5 Å². The molecule has 0 amide bonds. The summed E-state index contributed by atoms with van der Waals surface area (Å²) in [6, 6.07) is 7.27. The number of aromatic hydroxyl groups is 1. The van der Waals surface area contributed by atoms with Crippen molar-refractivity contribution in [1.29, 1.82) is 0 Å². The monoisotopic (exact) mass is 269 g/mol. The van der Waals surface area contributed by atoms with Crippen LogP contribution in [0.3, 0.4) is 0 Å². The molecule has 2 rings (SSSR count). The van der Waals surface area contributed by atoms with E-state index < -0.39 is 9.84 Å². The average molecular weight is 269 g/mol. The van der Waals surface area contributed by atoms with Crippen LogP contribution in [0.1, 0.15) is 12.0 Å². The molecule has 2 unspecified atom stereocenters. The first-order chi connectivity index (χ1) is 8.50. The van der Waals surface area contributed by atoms with Crippen LogP contribution in [0.15, 0.2) is 24.3 Å². The topological polar surface area (TPSA) is 66.4 Å². The van der Waals surface area contributed by atoms with E-state index in [0.717, 1.165) is 18.4 Å². The third-order valence-corrected chi connectivity index (χ3v) is 5.37. The van der Waals surface area contributed by atoms with E-state index >= 15 is 0 Å². The zero-order chi connectivity index (χ0) is 13.2. The molecule has 2 atom stereocenters. The summed E-state index contributed by atoms with van der Waals surface area (Å²) >= 11 is 0. The normalized spacial score (nSPS) is 23.9. The summed E-state index contributed by atoms with van der Waals surface area (Å²) in [7, 11) is -0.981. The van der Waals surface area contributed by atoms with Gasteiger partial charge in [0.25, 0.3) is 0 Å². The highest BCUT2D eigenvalue weighted by Crippen LogP contribution is 2.24. The van der Waals surface area contributed by atoms with Gasteiger partial charge in [-0.25, -0.2) is 8.42 Å². The van der Waals surface area contributed by atoms with Crippen molar-refractivity contribution < 1.29 is 13.5 Å². The van der Waals surface area contributed by atoms with E-state index in [1.165, 1.54) is 0 Å². The number of likely N-dealkylation sites (N-methyl/N-ethyl adjacent to an activating group) is 1. The number of benzene rings is 1. The summed E-state index contributed by atoms with van der Waals surface area (Å²) in [6.45, 7) is 0. The lowest BCUT2D eigenvalue weighted by molar-refractivity contribution is 0.402. The molecule has 18 heavy (non-hydrogen) atoms. The molecule has 0 aromatic heterocycles. The highest BCUT2D eigenvalue weighted by atomic mass is 32.2. The van der Waals surface area contributed by atoms with Gasteiger partial charge in [0, 0.05) is 6.04 Å². The van der Waals surface area contributed by atoms with Crippen LogP contribution in [-0.4, -0.2) is 38.1 Å². The van der Waals surface area contributed by atoms with Gasteiger partial charge in [-0.1, -0.05) is 12.1 Å². The maximum Gasteiger partial charge on any atom is 0.150 e. The van der Waals surface area contributed by atoms with Crippen molar-refractivity contribution in [2.45, 2.75) is 18.9 Å². The maximum atomic E-state index is 11.5. The minimum absolute atomic E-state index is 0.143. The lowest BCUT2D eigenvalue weighted by Crippen LogP contribution is -2.36. The first kappa shape index (κ1) is 13.4. The minimum atomic E-state index is -2.84. The van der Waals surface area contributed by atoms with Crippen LogP contribution < -0.4 is 5.32 Å². The van der Waals surface area contributed by atoms with Crippen molar-refractivity contribution in [2.75, 3.05) is 18.6 Å². The van der Waals surface area contributed by atoms with Crippen LogP contribution in [0.4, 0.5) is 0 Å². The number of hydrogen-bond donors (Lipinski definition) is 2. The molecule has 0 aliphatic carbocycles. The van der Waals surface area contributed by atoms with E-state index in [0.29, 0.717) is 5.75 Å². The highest BCUT2D eigenvalue weighted by molar-refractivity contribution is 7.91. The van der Waals surface area contributed by atoms with E-state index in [2.05, 4.69) is 5.32 Å². The van der Waals surface area contributed by atoms with Gasteiger partial charge < -0.3 is 10.4 Å². The summed E-state index contributed by atoms with van der Waals surface area (Å²) in [5, 5.41) is 12.6. The van der Waals surface area contributed by atoms with Crippen LogP contribution in [0.25, 0.3) is 0 Å². The van der Waals surface area contributed by atoms with Crippen molar-refractivity contribution in [3.63, 3.8) is 0 Å². The Balaban J connectivity index is 2.06. The molecule has 100 valence electrons. The van der Waals surface area contributed by atoms with E-state index in [4.69, 9.17) is 0 Å². The van der Waals surface area contributed by atoms with Crippen LogP contribution in [0.2, 0.25) is 0 Å². The molecule has 4 nitrogen and oxygen atoms in total. The molecule has 1 saturated heterocycles. The van der Waals surface area contributed by atoms with Crippen LogP contribution in [0.5, 0.6) is 5.75 Å².